The highest BCUT2D eigenvalue weighted by atomic mass is 127. The molecule has 17 heavy (non-hydrogen) atoms. The summed E-state index contributed by atoms with van der Waals surface area (Å²) in [6.45, 7) is 7.95. The number of rotatable bonds is 6. The molecule has 0 aliphatic heterocycles. The van der Waals surface area contributed by atoms with E-state index >= 15 is 0 Å². The first-order valence-electron chi connectivity index (χ1n) is 5.56. The molecule has 0 heterocycles. The van der Waals surface area contributed by atoms with Crippen molar-refractivity contribution < 1.29 is 17.4 Å². The monoisotopic (exact) mass is 357 g/mol. The molecular weight excluding hydrogens is 337 g/mol. The van der Waals surface area contributed by atoms with Crippen LogP contribution in [0.2, 0.25) is 0 Å². The molecule has 0 rings (SSSR count). The third-order valence-electron chi connectivity index (χ3n) is 1.90. The highest BCUT2D eigenvalue weighted by molar-refractivity contribution is 14.1. The number of hydrogen-bond acceptors (Lipinski definition) is 5. The van der Waals surface area contributed by atoms with Gasteiger partial charge in [-0.2, -0.15) is 0 Å². The fraction of sp³-hybridized carbons (Fsp3) is 0.818. The molecule has 100 valence electrons. The van der Waals surface area contributed by atoms with Crippen LogP contribution in [0.3, 0.4) is 0 Å². The summed E-state index contributed by atoms with van der Waals surface area (Å²) < 4.78 is 9.48. The maximum Gasteiger partial charge on any atom is 0.323 e. The standard InChI is InChI=1S/C11H20INO4/c1-5-16-10(15)8(13-11(2,3)4)6-7-9(14)17-12/h8,13H,5-7H2,1-4H3. The van der Waals surface area contributed by atoms with Crippen molar-refractivity contribution in [1.82, 2.24) is 5.32 Å². The van der Waals surface area contributed by atoms with E-state index in [2.05, 4.69) is 8.38 Å². The van der Waals surface area contributed by atoms with Gasteiger partial charge in [0.15, 0.2) is 23.0 Å². The second-order valence-corrected chi connectivity index (χ2v) is 5.13. The Morgan fingerprint density at radius 2 is 1.94 bits per heavy atom. The van der Waals surface area contributed by atoms with Gasteiger partial charge in [0.05, 0.1) is 6.61 Å². The molecule has 0 aromatic rings. The van der Waals surface area contributed by atoms with Crippen LogP contribution in [0.5, 0.6) is 0 Å². The van der Waals surface area contributed by atoms with Gasteiger partial charge < -0.3 is 7.80 Å². The zero-order valence-electron chi connectivity index (χ0n) is 10.7. The van der Waals surface area contributed by atoms with Gasteiger partial charge in [-0.1, -0.05) is 0 Å². The third kappa shape index (κ3) is 8.37. The van der Waals surface area contributed by atoms with Crippen molar-refractivity contribution in [2.24, 2.45) is 0 Å². The lowest BCUT2D eigenvalue weighted by molar-refractivity contribution is -0.146. The third-order valence-corrected chi connectivity index (χ3v) is 2.39. The van der Waals surface area contributed by atoms with Gasteiger partial charge in [0, 0.05) is 12.0 Å². The molecule has 0 fully saturated rings. The van der Waals surface area contributed by atoms with Gasteiger partial charge in [-0.3, -0.25) is 14.9 Å². The molecule has 0 aromatic carbocycles. The maximum absolute atomic E-state index is 11.7. The van der Waals surface area contributed by atoms with Crippen LogP contribution < -0.4 is 5.32 Å². The number of carbonyl (C=O) groups excluding carboxylic acids is 2. The van der Waals surface area contributed by atoms with E-state index in [1.165, 1.54) is 23.0 Å². The average molecular weight is 357 g/mol. The molecule has 0 amide bonds. The molecule has 0 saturated carbocycles. The summed E-state index contributed by atoms with van der Waals surface area (Å²) in [6.07, 6.45) is 0.563. The lowest BCUT2D eigenvalue weighted by atomic mass is 10.0. The van der Waals surface area contributed by atoms with Crippen LogP contribution in [0.15, 0.2) is 0 Å². The minimum absolute atomic E-state index is 0.190. The van der Waals surface area contributed by atoms with E-state index in [0.717, 1.165) is 0 Å². The van der Waals surface area contributed by atoms with Crippen LogP contribution in [-0.2, 0) is 17.4 Å². The molecule has 1 N–H and O–H groups in total. The first kappa shape index (κ1) is 16.6. The Labute approximate surface area is 116 Å². The summed E-state index contributed by atoms with van der Waals surface area (Å²) in [6, 6.07) is -0.481. The Hall–Kier alpha value is -0.370. The first-order valence-corrected chi connectivity index (χ1v) is 6.44. The summed E-state index contributed by atoms with van der Waals surface area (Å²) in [4.78, 5) is 22.7. The van der Waals surface area contributed by atoms with Gasteiger partial charge >= 0.3 is 11.9 Å². The minimum Gasteiger partial charge on any atom is -0.465 e. The van der Waals surface area contributed by atoms with Gasteiger partial charge in [0.25, 0.3) is 0 Å². The molecule has 0 spiro atoms. The fourth-order valence-electron chi connectivity index (χ4n) is 1.32. The Balaban J connectivity index is 4.40. The van der Waals surface area contributed by atoms with Gasteiger partial charge in [0.1, 0.15) is 6.04 Å². The van der Waals surface area contributed by atoms with Crippen LogP contribution >= 0.6 is 23.0 Å². The largest absolute Gasteiger partial charge is 0.465 e. The summed E-state index contributed by atoms with van der Waals surface area (Å²) in [5.74, 6) is -0.667. The smallest absolute Gasteiger partial charge is 0.323 e. The molecule has 0 bridgehead atoms. The van der Waals surface area contributed by atoms with E-state index in [4.69, 9.17) is 4.74 Å². The molecule has 0 saturated heterocycles. The zero-order valence-corrected chi connectivity index (χ0v) is 12.9. The van der Waals surface area contributed by atoms with Gasteiger partial charge in [-0.05, 0) is 34.1 Å². The van der Waals surface area contributed by atoms with Gasteiger partial charge in [-0.25, -0.2) is 0 Å². The highest BCUT2D eigenvalue weighted by Gasteiger charge is 2.25. The summed E-state index contributed by atoms with van der Waals surface area (Å²) in [5.41, 5.74) is -0.217. The lowest BCUT2D eigenvalue weighted by Crippen LogP contribution is -2.48. The predicted octanol–water partition coefficient (Wildman–Crippen LogP) is 1.98. The molecule has 0 aromatic heterocycles. The highest BCUT2D eigenvalue weighted by Crippen LogP contribution is 2.09. The molecule has 0 aliphatic carbocycles. The van der Waals surface area contributed by atoms with Crippen LogP contribution in [0, 0.1) is 0 Å². The first-order chi connectivity index (χ1) is 7.80. The second kappa shape index (κ2) is 7.86. The van der Waals surface area contributed by atoms with Crippen LogP contribution in [-0.4, -0.2) is 30.1 Å². The zero-order chi connectivity index (χ0) is 13.5. The summed E-state index contributed by atoms with van der Waals surface area (Å²) in [7, 11) is 0. The molecule has 6 heteroatoms. The SMILES string of the molecule is CCOC(=O)C(CCC(=O)OI)NC(C)(C)C. The van der Waals surface area contributed by atoms with Crippen molar-refractivity contribution in [3.05, 3.63) is 0 Å². The maximum atomic E-state index is 11.7. The molecule has 1 unspecified atom stereocenters. The fourth-order valence-corrected chi connectivity index (χ4v) is 1.54. The average Bonchev–Trinajstić information content (AvgIpc) is 2.22. The van der Waals surface area contributed by atoms with E-state index in [1.54, 1.807) is 6.92 Å². The van der Waals surface area contributed by atoms with E-state index in [9.17, 15) is 9.59 Å². The van der Waals surface area contributed by atoms with Crippen molar-refractivity contribution >= 4 is 34.9 Å². The Morgan fingerprint density at radius 1 is 1.35 bits per heavy atom. The van der Waals surface area contributed by atoms with Crippen molar-refractivity contribution in [2.75, 3.05) is 6.61 Å². The van der Waals surface area contributed by atoms with Crippen molar-refractivity contribution in [3.63, 3.8) is 0 Å². The topological polar surface area (TPSA) is 64.6 Å². The van der Waals surface area contributed by atoms with Crippen LogP contribution in [0.25, 0.3) is 0 Å². The summed E-state index contributed by atoms with van der Waals surface area (Å²) >= 11 is 1.54. The van der Waals surface area contributed by atoms with Crippen molar-refractivity contribution in [3.8, 4) is 0 Å². The number of nitrogens with one attached hydrogen (secondary N) is 1. The minimum atomic E-state index is -0.481. The van der Waals surface area contributed by atoms with Crippen molar-refractivity contribution in [1.29, 1.82) is 0 Å². The molecule has 0 aliphatic rings. The van der Waals surface area contributed by atoms with Gasteiger partial charge in [-0.15, -0.1) is 0 Å². The number of hydrogen-bond donors (Lipinski definition) is 1. The van der Waals surface area contributed by atoms with E-state index in [-0.39, 0.29) is 23.9 Å². The normalized spacial score (nSPS) is 13.0. The van der Waals surface area contributed by atoms with E-state index in [1.807, 2.05) is 20.8 Å². The van der Waals surface area contributed by atoms with Crippen LogP contribution in [0.1, 0.15) is 40.5 Å². The molecule has 5 nitrogen and oxygen atoms in total. The van der Waals surface area contributed by atoms with E-state index < -0.39 is 6.04 Å². The Bertz CT molecular complexity index is 263. The summed E-state index contributed by atoms with van der Waals surface area (Å²) in [5, 5.41) is 3.14. The number of ether oxygens (including phenoxy) is 1. The molecule has 0 radical (unpaired) electrons. The molecule has 1 atom stereocenters. The van der Waals surface area contributed by atoms with Crippen LogP contribution in [0.4, 0.5) is 0 Å². The quantitative estimate of drug-likeness (QED) is 0.582. The Morgan fingerprint density at radius 3 is 2.35 bits per heavy atom. The Kier molecular flexibility index (Phi) is 7.69. The predicted molar refractivity (Wildman–Crippen MR) is 72.7 cm³/mol. The van der Waals surface area contributed by atoms with E-state index in [0.29, 0.717) is 13.0 Å². The molecular formula is C11H20INO4. The number of carbonyl (C=O) groups is 2. The van der Waals surface area contributed by atoms with Crippen molar-refractivity contribution in [2.45, 2.75) is 52.1 Å². The number of esters is 1. The second-order valence-electron chi connectivity index (χ2n) is 4.69. The van der Waals surface area contributed by atoms with Gasteiger partial charge in [0.2, 0.25) is 0 Å². The lowest BCUT2D eigenvalue weighted by Gasteiger charge is -2.26. The number of halogens is 1.